The molecular formula is C43H83BrN2O10. The summed E-state index contributed by atoms with van der Waals surface area (Å²) in [7, 11) is 0. The highest BCUT2D eigenvalue weighted by atomic mass is 79.9. The van der Waals surface area contributed by atoms with Crippen LogP contribution in [0, 0.1) is 0 Å². The summed E-state index contributed by atoms with van der Waals surface area (Å²) in [5.74, 6) is -0.171. The number of nitrogens with one attached hydrogen (secondary N) is 2. The molecule has 0 spiro atoms. The van der Waals surface area contributed by atoms with Crippen molar-refractivity contribution in [2.24, 2.45) is 0 Å². The molecule has 0 bridgehead atoms. The molecule has 1 aliphatic heterocycles. The minimum absolute atomic E-state index is 0.133. The van der Waals surface area contributed by atoms with Crippen molar-refractivity contribution in [2.75, 3.05) is 25.1 Å². The van der Waals surface area contributed by atoms with Crippen molar-refractivity contribution in [1.82, 2.24) is 10.6 Å². The number of aliphatic hydroxyl groups excluding tert-OH is 6. The first-order chi connectivity index (χ1) is 27.2. The molecule has 1 saturated heterocycles. The standard InChI is InChI=1S/C43H83BrN2O10/c1-2-3-4-5-6-7-8-9-10-12-17-22-27-35(48)39(51)34(33-55-43-42(54)41(53)40(52)36(32-47)56-43)46-38(50)29-24-19-14-16-21-26-31-45-37(49)28-23-18-13-11-15-20-25-30-44/h34-36,39-43,47-48,51-54H,2-33H2,1H3,(H,45,49)(H,46,50)/t34-,35+,36?,39-,40-,41-,42?,43-/m0/s1. The van der Waals surface area contributed by atoms with E-state index < -0.39 is 55.6 Å². The quantitative estimate of drug-likeness (QED) is 0.0252. The summed E-state index contributed by atoms with van der Waals surface area (Å²) in [6, 6.07) is -1.02. The Labute approximate surface area is 347 Å². The van der Waals surface area contributed by atoms with Crippen LogP contribution in [0.5, 0.6) is 0 Å². The Hall–Kier alpha value is -0.900. The average molecular weight is 868 g/mol. The van der Waals surface area contributed by atoms with E-state index in [2.05, 4.69) is 33.5 Å². The van der Waals surface area contributed by atoms with E-state index in [1.54, 1.807) is 0 Å². The van der Waals surface area contributed by atoms with Crippen molar-refractivity contribution in [1.29, 1.82) is 0 Å². The molecule has 1 aliphatic rings. The normalized spacial score (nSPS) is 21.5. The van der Waals surface area contributed by atoms with Crippen LogP contribution in [0.1, 0.15) is 187 Å². The van der Waals surface area contributed by atoms with Gasteiger partial charge in [-0.25, -0.2) is 0 Å². The molecule has 13 heteroatoms. The van der Waals surface area contributed by atoms with Crippen LogP contribution in [-0.2, 0) is 19.1 Å². The lowest BCUT2D eigenvalue weighted by molar-refractivity contribution is -0.303. The molecule has 1 fully saturated rings. The van der Waals surface area contributed by atoms with Crippen molar-refractivity contribution in [3.63, 3.8) is 0 Å². The highest BCUT2D eigenvalue weighted by Crippen LogP contribution is 2.23. The third kappa shape index (κ3) is 26.3. The number of hydrogen-bond acceptors (Lipinski definition) is 10. The molecule has 0 aromatic heterocycles. The maximum atomic E-state index is 13.0. The zero-order valence-corrected chi connectivity index (χ0v) is 36.5. The zero-order chi connectivity index (χ0) is 41.2. The van der Waals surface area contributed by atoms with Crippen LogP contribution in [0.25, 0.3) is 0 Å². The Kier molecular flexibility index (Phi) is 34.1. The number of alkyl halides is 1. The van der Waals surface area contributed by atoms with Gasteiger partial charge in [-0.2, -0.15) is 0 Å². The SMILES string of the molecule is CCCCCCCCCCCCCC[C@@H](O)[C@@H](O)[C@H](CO[C@H]1OC(CO)[C@H](O)[C@H](O)C1O)NC(=O)CCCCCCCCNC(=O)CCCCCCCCCBr. The summed E-state index contributed by atoms with van der Waals surface area (Å²) in [6.07, 6.45) is 19.2. The molecule has 0 aliphatic carbocycles. The maximum absolute atomic E-state index is 13.0. The Morgan fingerprint density at radius 1 is 0.643 bits per heavy atom. The number of ether oxygens (including phenoxy) is 2. The summed E-state index contributed by atoms with van der Waals surface area (Å²) in [5, 5.41) is 69.1. The van der Waals surface area contributed by atoms with Gasteiger partial charge >= 0.3 is 0 Å². The molecule has 0 aromatic rings. The molecule has 8 atom stereocenters. The fraction of sp³-hybridized carbons (Fsp3) is 0.953. The van der Waals surface area contributed by atoms with Gasteiger partial charge in [-0.1, -0.05) is 158 Å². The number of unbranched alkanes of at least 4 members (excludes halogenated alkanes) is 22. The predicted octanol–water partition coefficient (Wildman–Crippen LogP) is 6.46. The Morgan fingerprint density at radius 2 is 1.12 bits per heavy atom. The smallest absolute Gasteiger partial charge is 0.220 e. The number of halogens is 1. The first kappa shape index (κ1) is 53.1. The Bertz CT molecular complexity index is 935. The Balaban J connectivity index is 2.39. The van der Waals surface area contributed by atoms with E-state index in [0.29, 0.717) is 25.8 Å². The molecule has 12 nitrogen and oxygen atoms in total. The molecular weight excluding hydrogens is 784 g/mol. The zero-order valence-electron chi connectivity index (χ0n) is 34.9. The van der Waals surface area contributed by atoms with Gasteiger partial charge in [0.2, 0.25) is 11.8 Å². The highest BCUT2D eigenvalue weighted by Gasteiger charge is 2.44. The predicted molar refractivity (Wildman–Crippen MR) is 225 cm³/mol. The van der Waals surface area contributed by atoms with E-state index in [4.69, 9.17) is 9.47 Å². The third-order valence-corrected chi connectivity index (χ3v) is 11.5. The molecule has 2 amide bonds. The van der Waals surface area contributed by atoms with Gasteiger partial charge in [-0.3, -0.25) is 9.59 Å². The topological polar surface area (TPSA) is 198 Å². The van der Waals surface area contributed by atoms with Gasteiger partial charge in [0.25, 0.3) is 0 Å². The summed E-state index contributed by atoms with van der Waals surface area (Å²) in [4.78, 5) is 25.1. The molecule has 332 valence electrons. The van der Waals surface area contributed by atoms with Gasteiger partial charge in [-0.15, -0.1) is 0 Å². The second kappa shape index (κ2) is 36.0. The summed E-state index contributed by atoms with van der Waals surface area (Å²) >= 11 is 3.46. The minimum atomic E-state index is -1.62. The third-order valence-electron chi connectivity index (χ3n) is 11.0. The number of aliphatic hydroxyl groups is 6. The van der Waals surface area contributed by atoms with Gasteiger partial charge in [0.05, 0.1) is 25.4 Å². The van der Waals surface area contributed by atoms with Gasteiger partial charge in [0.1, 0.15) is 30.5 Å². The van der Waals surface area contributed by atoms with Gasteiger partial charge in [-0.05, 0) is 32.1 Å². The summed E-state index contributed by atoms with van der Waals surface area (Å²) < 4.78 is 11.1. The van der Waals surface area contributed by atoms with Crippen molar-refractivity contribution >= 4 is 27.7 Å². The van der Waals surface area contributed by atoms with Gasteiger partial charge in [0.15, 0.2) is 6.29 Å². The minimum Gasteiger partial charge on any atom is -0.394 e. The summed E-state index contributed by atoms with van der Waals surface area (Å²) in [5.41, 5.74) is 0. The fourth-order valence-electron chi connectivity index (χ4n) is 7.24. The van der Waals surface area contributed by atoms with E-state index in [1.807, 2.05) is 0 Å². The van der Waals surface area contributed by atoms with Crippen molar-refractivity contribution in [3.8, 4) is 0 Å². The van der Waals surface area contributed by atoms with Crippen LogP contribution < -0.4 is 10.6 Å². The van der Waals surface area contributed by atoms with Crippen LogP contribution in [0.2, 0.25) is 0 Å². The first-order valence-corrected chi connectivity index (χ1v) is 23.7. The molecule has 56 heavy (non-hydrogen) atoms. The van der Waals surface area contributed by atoms with E-state index in [0.717, 1.165) is 76.0 Å². The second-order valence-electron chi connectivity index (χ2n) is 16.1. The molecule has 1 rings (SSSR count). The molecule has 0 radical (unpaired) electrons. The molecule has 2 unspecified atom stereocenters. The number of hydrogen-bond donors (Lipinski definition) is 8. The second-order valence-corrected chi connectivity index (χ2v) is 16.9. The Morgan fingerprint density at radius 3 is 1.66 bits per heavy atom. The average Bonchev–Trinajstić information content (AvgIpc) is 3.19. The highest BCUT2D eigenvalue weighted by molar-refractivity contribution is 9.09. The van der Waals surface area contributed by atoms with Crippen LogP contribution in [-0.4, -0.2) is 116 Å². The van der Waals surface area contributed by atoms with Crippen molar-refractivity contribution in [2.45, 2.75) is 236 Å². The molecule has 1 heterocycles. The maximum Gasteiger partial charge on any atom is 0.220 e. The van der Waals surface area contributed by atoms with E-state index in [9.17, 15) is 40.2 Å². The van der Waals surface area contributed by atoms with E-state index in [-0.39, 0.29) is 24.8 Å². The first-order valence-electron chi connectivity index (χ1n) is 22.6. The van der Waals surface area contributed by atoms with E-state index >= 15 is 0 Å². The molecule has 0 aromatic carbocycles. The van der Waals surface area contributed by atoms with Crippen LogP contribution >= 0.6 is 15.9 Å². The van der Waals surface area contributed by atoms with Gasteiger partial charge < -0.3 is 50.7 Å². The number of carbonyl (C=O) groups excluding carboxylic acids is 2. The lowest BCUT2D eigenvalue weighted by Crippen LogP contribution is -2.60. The lowest BCUT2D eigenvalue weighted by Gasteiger charge is -2.40. The van der Waals surface area contributed by atoms with Crippen molar-refractivity contribution < 1.29 is 49.7 Å². The molecule has 8 N–H and O–H groups in total. The number of amides is 2. The van der Waals surface area contributed by atoms with Crippen molar-refractivity contribution in [3.05, 3.63) is 0 Å². The lowest BCUT2D eigenvalue weighted by atomic mass is 9.98. The van der Waals surface area contributed by atoms with Crippen LogP contribution in [0.4, 0.5) is 0 Å². The largest absolute Gasteiger partial charge is 0.394 e. The fourth-order valence-corrected chi connectivity index (χ4v) is 7.64. The van der Waals surface area contributed by atoms with Crippen LogP contribution in [0.3, 0.4) is 0 Å². The van der Waals surface area contributed by atoms with E-state index in [1.165, 1.54) is 83.5 Å². The molecule has 0 saturated carbocycles. The monoisotopic (exact) mass is 867 g/mol. The summed E-state index contributed by atoms with van der Waals surface area (Å²) in [6.45, 7) is 1.97. The number of carbonyl (C=O) groups is 2. The van der Waals surface area contributed by atoms with Gasteiger partial charge in [0, 0.05) is 24.7 Å². The van der Waals surface area contributed by atoms with Crippen LogP contribution in [0.15, 0.2) is 0 Å². The number of rotatable bonds is 38.